The molecule has 0 aliphatic carbocycles. The number of nitrogens with one attached hydrogen (secondary N) is 1. The van der Waals surface area contributed by atoms with Crippen LogP contribution in [0.4, 0.5) is 11.4 Å². The fourth-order valence-electron chi connectivity index (χ4n) is 4.59. The summed E-state index contributed by atoms with van der Waals surface area (Å²) in [7, 11) is -2.37. The number of hydrogen-bond donors (Lipinski definition) is 1. The highest BCUT2D eigenvalue weighted by Gasteiger charge is 2.28. The van der Waals surface area contributed by atoms with Crippen molar-refractivity contribution in [2.45, 2.75) is 4.90 Å². The first-order valence-electron chi connectivity index (χ1n) is 11.7. The minimum absolute atomic E-state index is 0.00267. The Balaban J connectivity index is 1.54. The largest absolute Gasteiger partial charge is 0.366 e. The molecular formula is C27H26N4O4S. The summed E-state index contributed by atoms with van der Waals surface area (Å²) in [6, 6.07) is 24.5. The predicted molar refractivity (Wildman–Crippen MR) is 141 cm³/mol. The number of anilines is 2. The number of hydrogen-bond acceptors (Lipinski definition) is 5. The van der Waals surface area contributed by atoms with Crippen LogP contribution < -0.4 is 15.2 Å². The van der Waals surface area contributed by atoms with E-state index in [1.54, 1.807) is 42.3 Å². The fraction of sp³-hybridized carbons (Fsp3) is 0.185. The van der Waals surface area contributed by atoms with Crippen LogP contribution in [0.25, 0.3) is 10.9 Å². The molecule has 0 bridgehead atoms. The van der Waals surface area contributed by atoms with E-state index < -0.39 is 15.6 Å². The maximum absolute atomic E-state index is 13.5. The van der Waals surface area contributed by atoms with Gasteiger partial charge < -0.3 is 14.4 Å². The molecule has 8 nitrogen and oxygen atoms in total. The molecule has 2 heterocycles. The summed E-state index contributed by atoms with van der Waals surface area (Å²) in [5.74, 6) is -0.0471. The molecule has 5 rings (SSSR count). The molecule has 1 amide bonds. The summed E-state index contributed by atoms with van der Waals surface area (Å²) in [6.45, 7) is 1.80. The van der Waals surface area contributed by atoms with Crippen LogP contribution in [0.1, 0.15) is 10.4 Å². The van der Waals surface area contributed by atoms with Gasteiger partial charge in [0.05, 0.1) is 16.1 Å². The number of benzene rings is 3. The number of nitrogens with zero attached hydrogens (tertiary/aromatic N) is 3. The van der Waals surface area contributed by atoms with Crippen molar-refractivity contribution < 1.29 is 13.2 Å². The lowest BCUT2D eigenvalue weighted by Crippen LogP contribution is -2.49. The van der Waals surface area contributed by atoms with Crippen LogP contribution >= 0.6 is 0 Å². The molecule has 0 saturated carbocycles. The van der Waals surface area contributed by atoms with Gasteiger partial charge in [-0.3, -0.25) is 14.3 Å². The first-order valence-corrected chi connectivity index (χ1v) is 13.1. The minimum Gasteiger partial charge on any atom is -0.366 e. The molecule has 184 valence electrons. The number of carbonyl (C=O) groups is 1. The molecule has 1 aliphatic rings. The topological polar surface area (TPSA) is 91.7 Å². The SMILES string of the molecule is Cn1c(=O)c(NS(=O)(=O)c2ccccc2)c(N2CCN(C(=O)c3ccccc3)CC2)c2ccccc21. The van der Waals surface area contributed by atoms with E-state index >= 15 is 0 Å². The molecule has 4 aromatic rings. The average Bonchev–Trinajstić information content (AvgIpc) is 2.92. The van der Waals surface area contributed by atoms with E-state index in [0.717, 1.165) is 5.39 Å². The molecule has 0 spiro atoms. The second kappa shape index (κ2) is 9.50. The summed E-state index contributed by atoms with van der Waals surface area (Å²) >= 11 is 0. The third-order valence-electron chi connectivity index (χ3n) is 6.47. The van der Waals surface area contributed by atoms with Crippen molar-refractivity contribution >= 4 is 38.2 Å². The normalized spacial score (nSPS) is 14.1. The molecule has 1 N–H and O–H groups in total. The number of sulfonamides is 1. The Hall–Kier alpha value is -4.11. The number of aryl methyl sites for hydroxylation is 1. The lowest BCUT2D eigenvalue weighted by Gasteiger charge is -2.37. The summed E-state index contributed by atoms with van der Waals surface area (Å²) < 4.78 is 30.4. The van der Waals surface area contributed by atoms with E-state index in [2.05, 4.69) is 4.72 Å². The first-order chi connectivity index (χ1) is 17.4. The zero-order valence-corrected chi connectivity index (χ0v) is 20.6. The van der Waals surface area contributed by atoms with Crippen molar-refractivity contribution in [1.29, 1.82) is 0 Å². The van der Waals surface area contributed by atoms with Crippen molar-refractivity contribution in [3.05, 3.63) is 101 Å². The lowest BCUT2D eigenvalue weighted by atomic mass is 10.1. The van der Waals surface area contributed by atoms with Gasteiger partial charge in [-0.2, -0.15) is 0 Å². The number of pyridine rings is 1. The molecule has 1 fully saturated rings. The molecule has 1 aromatic heterocycles. The molecule has 0 unspecified atom stereocenters. The number of amides is 1. The van der Waals surface area contributed by atoms with Gasteiger partial charge in [0.1, 0.15) is 5.69 Å². The Labute approximate surface area is 209 Å². The molecule has 0 atom stereocenters. The molecule has 1 aliphatic heterocycles. The number of rotatable bonds is 5. The Kier molecular flexibility index (Phi) is 6.24. The van der Waals surface area contributed by atoms with Gasteiger partial charge in [0.25, 0.3) is 21.5 Å². The van der Waals surface area contributed by atoms with Crippen LogP contribution in [-0.4, -0.2) is 50.0 Å². The standard InChI is InChI=1S/C27H26N4O4S/c1-29-23-15-9-8-14-22(23)25(24(27(29)33)28-36(34,35)21-12-6-3-7-13-21)30-16-18-31(19-17-30)26(32)20-10-4-2-5-11-20/h2-15,28H,16-19H2,1H3. The maximum Gasteiger partial charge on any atom is 0.277 e. The van der Waals surface area contributed by atoms with Crippen LogP contribution in [0.15, 0.2) is 94.6 Å². The summed E-state index contributed by atoms with van der Waals surface area (Å²) in [6.07, 6.45) is 0. The molecule has 1 saturated heterocycles. The van der Waals surface area contributed by atoms with Crippen LogP contribution in [0, 0.1) is 0 Å². The zero-order chi connectivity index (χ0) is 25.3. The smallest absolute Gasteiger partial charge is 0.277 e. The molecule has 9 heteroatoms. The number of piperazine rings is 1. The van der Waals surface area contributed by atoms with Gasteiger partial charge in [0.2, 0.25) is 0 Å². The summed E-state index contributed by atoms with van der Waals surface area (Å²) in [5, 5.41) is 0.758. The second-order valence-electron chi connectivity index (χ2n) is 8.67. The Bertz CT molecular complexity index is 1580. The monoisotopic (exact) mass is 502 g/mol. The van der Waals surface area contributed by atoms with Crippen molar-refractivity contribution in [3.63, 3.8) is 0 Å². The number of para-hydroxylation sites is 1. The number of aromatic nitrogens is 1. The molecule has 0 radical (unpaired) electrons. The Morgan fingerprint density at radius 3 is 2.06 bits per heavy atom. The quantitative estimate of drug-likeness (QED) is 0.452. The molecule has 3 aromatic carbocycles. The van der Waals surface area contributed by atoms with Crippen LogP contribution in [0.2, 0.25) is 0 Å². The average molecular weight is 503 g/mol. The predicted octanol–water partition coefficient (Wildman–Crippen LogP) is 3.30. The van der Waals surface area contributed by atoms with E-state index in [0.29, 0.717) is 42.9 Å². The Morgan fingerprint density at radius 1 is 0.806 bits per heavy atom. The van der Waals surface area contributed by atoms with Gasteiger partial charge in [-0.05, 0) is 30.3 Å². The number of carbonyl (C=O) groups excluding carboxylic acids is 1. The van der Waals surface area contributed by atoms with E-state index in [4.69, 9.17) is 0 Å². The third-order valence-corrected chi connectivity index (χ3v) is 7.84. The third kappa shape index (κ3) is 4.33. The highest BCUT2D eigenvalue weighted by Crippen LogP contribution is 2.34. The Morgan fingerprint density at radius 2 is 1.39 bits per heavy atom. The van der Waals surface area contributed by atoms with E-state index in [-0.39, 0.29) is 16.5 Å². The van der Waals surface area contributed by atoms with Gasteiger partial charge in [-0.1, -0.05) is 54.6 Å². The second-order valence-corrected chi connectivity index (χ2v) is 10.4. The van der Waals surface area contributed by atoms with Crippen LogP contribution in [0.3, 0.4) is 0 Å². The van der Waals surface area contributed by atoms with Crippen molar-refractivity contribution in [3.8, 4) is 0 Å². The lowest BCUT2D eigenvalue weighted by molar-refractivity contribution is 0.0747. The molecular weight excluding hydrogens is 476 g/mol. The first kappa shape index (κ1) is 23.6. The number of fused-ring (bicyclic) bond motifs is 1. The van der Waals surface area contributed by atoms with Crippen LogP contribution in [-0.2, 0) is 17.1 Å². The minimum atomic E-state index is -4.00. The summed E-state index contributed by atoms with van der Waals surface area (Å²) in [5.41, 5.74) is 1.41. The maximum atomic E-state index is 13.5. The van der Waals surface area contributed by atoms with Crippen molar-refractivity contribution in [1.82, 2.24) is 9.47 Å². The van der Waals surface area contributed by atoms with Gasteiger partial charge in [-0.25, -0.2) is 8.42 Å². The van der Waals surface area contributed by atoms with E-state index in [1.807, 2.05) is 47.4 Å². The van der Waals surface area contributed by atoms with Crippen molar-refractivity contribution in [2.24, 2.45) is 7.05 Å². The van der Waals surface area contributed by atoms with Gasteiger partial charge in [-0.15, -0.1) is 0 Å². The van der Waals surface area contributed by atoms with Crippen molar-refractivity contribution in [2.75, 3.05) is 35.8 Å². The van der Waals surface area contributed by atoms with Gasteiger partial charge >= 0.3 is 0 Å². The summed E-state index contributed by atoms with van der Waals surface area (Å²) in [4.78, 5) is 30.2. The van der Waals surface area contributed by atoms with Gasteiger partial charge in [0, 0.05) is 44.2 Å². The van der Waals surface area contributed by atoms with Crippen LogP contribution in [0.5, 0.6) is 0 Å². The van der Waals surface area contributed by atoms with E-state index in [1.165, 1.54) is 16.7 Å². The molecule has 36 heavy (non-hydrogen) atoms. The van der Waals surface area contributed by atoms with Gasteiger partial charge in [0.15, 0.2) is 0 Å². The van der Waals surface area contributed by atoms with E-state index in [9.17, 15) is 18.0 Å². The fourth-order valence-corrected chi connectivity index (χ4v) is 5.68. The zero-order valence-electron chi connectivity index (χ0n) is 19.8. The highest BCUT2D eigenvalue weighted by atomic mass is 32.2. The highest BCUT2D eigenvalue weighted by molar-refractivity contribution is 7.92.